The number of halogens is 2. The summed E-state index contributed by atoms with van der Waals surface area (Å²) in [6.45, 7) is 11.6. The number of piperidine rings is 1. The second-order valence-electron chi connectivity index (χ2n) is 11.4. The molecular formula is C24H39F2N5O. The number of hydrogen-bond acceptors (Lipinski definition) is 4. The van der Waals surface area contributed by atoms with Crippen LogP contribution in [0, 0.1) is 17.3 Å². The van der Waals surface area contributed by atoms with Gasteiger partial charge in [0.2, 0.25) is 5.91 Å². The van der Waals surface area contributed by atoms with Crippen LogP contribution in [-0.2, 0) is 11.2 Å². The summed E-state index contributed by atoms with van der Waals surface area (Å²) < 4.78 is 28.1. The maximum absolute atomic E-state index is 13.4. The molecule has 0 spiro atoms. The summed E-state index contributed by atoms with van der Waals surface area (Å²) in [7, 11) is 0. The monoisotopic (exact) mass is 451 g/mol. The number of carbonyl (C=O) groups excluding carboxylic acids is 1. The van der Waals surface area contributed by atoms with E-state index in [2.05, 4.69) is 42.9 Å². The minimum atomic E-state index is -2.41. The molecule has 3 unspecified atom stereocenters. The van der Waals surface area contributed by atoms with Gasteiger partial charge in [0, 0.05) is 37.7 Å². The Hall–Kier alpha value is -1.57. The molecule has 2 aliphatic heterocycles. The first kappa shape index (κ1) is 23.6. The van der Waals surface area contributed by atoms with Crippen LogP contribution >= 0.6 is 0 Å². The predicted octanol–water partition coefficient (Wildman–Crippen LogP) is 4.18. The summed E-state index contributed by atoms with van der Waals surface area (Å²) in [5.74, 6) is -2.09. The minimum Gasteiger partial charge on any atom is -0.338 e. The number of likely N-dealkylation sites (tertiary alicyclic amines) is 2. The molecule has 4 rings (SSSR count). The quantitative estimate of drug-likeness (QED) is 0.624. The number of aryl methyl sites for hydroxylation is 1. The molecule has 3 atom stereocenters. The van der Waals surface area contributed by atoms with Crippen molar-refractivity contribution in [3.63, 3.8) is 0 Å². The summed E-state index contributed by atoms with van der Waals surface area (Å²) in [4.78, 5) is 17.6. The topological polar surface area (TPSA) is 54.3 Å². The number of aromatic nitrogens is 3. The summed E-state index contributed by atoms with van der Waals surface area (Å²) in [6.07, 6.45) is 8.14. The fraction of sp³-hybridized carbons (Fsp3) is 0.875. The van der Waals surface area contributed by atoms with Crippen LogP contribution in [0.2, 0.25) is 0 Å². The van der Waals surface area contributed by atoms with E-state index in [1.807, 2.05) is 11.1 Å². The number of rotatable bonds is 7. The molecule has 0 N–H and O–H groups in total. The number of carbonyl (C=O) groups is 1. The van der Waals surface area contributed by atoms with Gasteiger partial charge in [0.05, 0.1) is 5.69 Å². The molecule has 32 heavy (non-hydrogen) atoms. The van der Waals surface area contributed by atoms with Crippen molar-refractivity contribution in [2.75, 3.05) is 26.2 Å². The van der Waals surface area contributed by atoms with Crippen molar-refractivity contribution in [2.24, 2.45) is 17.3 Å². The van der Waals surface area contributed by atoms with E-state index in [1.165, 1.54) is 0 Å². The van der Waals surface area contributed by atoms with Crippen LogP contribution in [-0.4, -0.2) is 68.8 Å². The molecular weight excluding hydrogens is 412 g/mol. The SMILES string of the molecule is CC1CCCN1C(=O)C(n1cc(CCC2CCN(CC3CC3(F)F)CC2)nn1)C(C)(C)C. The Morgan fingerprint density at radius 1 is 1.22 bits per heavy atom. The normalized spacial score (nSPS) is 27.6. The van der Waals surface area contributed by atoms with Crippen LogP contribution in [0.1, 0.15) is 78.0 Å². The van der Waals surface area contributed by atoms with Crippen LogP contribution in [0.5, 0.6) is 0 Å². The van der Waals surface area contributed by atoms with E-state index in [-0.39, 0.29) is 29.8 Å². The number of hydrogen-bond donors (Lipinski definition) is 0. The fourth-order valence-corrected chi connectivity index (χ4v) is 5.44. The van der Waals surface area contributed by atoms with Gasteiger partial charge in [0.25, 0.3) is 5.92 Å². The molecule has 2 saturated heterocycles. The van der Waals surface area contributed by atoms with Crippen molar-refractivity contribution < 1.29 is 13.6 Å². The molecule has 1 amide bonds. The second-order valence-corrected chi connectivity index (χ2v) is 11.4. The summed E-state index contributed by atoms with van der Waals surface area (Å²) >= 11 is 0. The standard InChI is InChI=1S/C24H39F2N5O/c1-17-6-5-11-30(17)22(32)21(23(2,3)4)31-16-20(27-28-31)8-7-18-9-12-29(13-10-18)15-19-14-24(19,25)26/h16-19,21H,5-15H2,1-4H3. The van der Waals surface area contributed by atoms with E-state index in [9.17, 15) is 13.6 Å². The Morgan fingerprint density at radius 3 is 2.47 bits per heavy atom. The predicted molar refractivity (Wildman–Crippen MR) is 119 cm³/mol. The van der Waals surface area contributed by atoms with Gasteiger partial charge < -0.3 is 9.80 Å². The van der Waals surface area contributed by atoms with E-state index < -0.39 is 11.8 Å². The highest BCUT2D eigenvalue weighted by molar-refractivity contribution is 5.81. The fourth-order valence-electron chi connectivity index (χ4n) is 5.44. The molecule has 0 radical (unpaired) electrons. The summed E-state index contributed by atoms with van der Waals surface area (Å²) in [6, 6.07) is -0.0690. The molecule has 6 nitrogen and oxygen atoms in total. The van der Waals surface area contributed by atoms with Crippen molar-refractivity contribution in [2.45, 2.75) is 90.6 Å². The molecule has 1 aromatic heterocycles. The number of nitrogens with zero attached hydrogens (tertiary/aromatic N) is 5. The molecule has 0 bridgehead atoms. The minimum absolute atomic E-state index is 0.0668. The molecule has 1 aliphatic carbocycles. The molecule has 0 aromatic carbocycles. The second kappa shape index (κ2) is 8.99. The lowest BCUT2D eigenvalue weighted by molar-refractivity contribution is -0.139. The zero-order chi connectivity index (χ0) is 23.1. The largest absolute Gasteiger partial charge is 0.338 e. The highest BCUT2D eigenvalue weighted by Crippen LogP contribution is 2.49. The molecule has 3 fully saturated rings. The van der Waals surface area contributed by atoms with Gasteiger partial charge in [-0.3, -0.25) is 4.79 Å². The molecule has 3 aliphatic rings. The maximum atomic E-state index is 13.4. The first-order chi connectivity index (χ1) is 15.0. The first-order valence-electron chi connectivity index (χ1n) is 12.4. The maximum Gasteiger partial charge on any atom is 0.252 e. The van der Waals surface area contributed by atoms with Crippen molar-refractivity contribution in [1.29, 1.82) is 0 Å². The van der Waals surface area contributed by atoms with Gasteiger partial charge in [-0.1, -0.05) is 26.0 Å². The van der Waals surface area contributed by atoms with E-state index in [0.29, 0.717) is 12.5 Å². The summed E-state index contributed by atoms with van der Waals surface area (Å²) in [5.41, 5.74) is 0.678. The van der Waals surface area contributed by atoms with Crippen molar-refractivity contribution in [3.8, 4) is 0 Å². The molecule has 3 heterocycles. The van der Waals surface area contributed by atoms with Gasteiger partial charge in [0.1, 0.15) is 6.04 Å². The summed E-state index contributed by atoms with van der Waals surface area (Å²) in [5, 5.41) is 8.76. The van der Waals surface area contributed by atoms with Gasteiger partial charge >= 0.3 is 0 Å². The third-order valence-corrected chi connectivity index (χ3v) is 7.66. The van der Waals surface area contributed by atoms with Gasteiger partial charge in [-0.15, -0.1) is 5.10 Å². The lowest BCUT2D eigenvalue weighted by Gasteiger charge is -2.34. The smallest absolute Gasteiger partial charge is 0.252 e. The highest BCUT2D eigenvalue weighted by Gasteiger charge is 2.57. The zero-order valence-corrected chi connectivity index (χ0v) is 20.1. The van der Waals surface area contributed by atoms with Crippen LogP contribution in [0.4, 0.5) is 8.78 Å². The average molecular weight is 452 g/mol. The van der Waals surface area contributed by atoms with Crippen LogP contribution < -0.4 is 0 Å². The average Bonchev–Trinajstić information content (AvgIpc) is 3.08. The molecule has 180 valence electrons. The highest BCUT2D eigenvalue weighted by atomic mass is 19.3. The Kier molecular flexibility index (Phi) is 6.63. The van der Waals surface area contributed by atoms with E-state index in [4.69, 9.17) is 0 Å². The third-order valence-electron chi connectivity index (χ3n) is 7.66. The first-order valence-corrected chi connectivity index (χ1v) is 12.4. The van der Waals surface area contributed by atoms with Gasteiger partial charge in [-0.05, 0) is 69.9 Å². The van der Waals surface area contributed by atoms with Crippen LogP contribution in [0.3, 0.4) is 0 Å². The molecule has 1 aromatic rings. The number of alkyl halides is 2. The van der Waals surface area contributed by atoms with E-state index >= 15 is 0 Å². The number of amides is 1. The zero-order valence-electron chi connectivity index (χ0n) is 20.1. The van der Waals surface area contributed by atoms with Gasteiger partial charge in [0.15, 0.2) is 0 Å². The molecule has 8 heteroatoms. The lowest BCUT2D eigenvalue weighted by Crippen LogP contribution is -2.44. The van der Waals surface area contributed by atoms with Gasteiger partial charge in [-0.25, -0.2) is 13.5 Å². The molecule has 1 saturated carbocycles. The Labute approximate surface area is 190 Å². The van der Waals surface area contributed by atoms with Crippen molar-refractivity contribution >= 4 is 5.91 Å². The third kappa shape index (κ3) is 5.32. The Morgan fingerprint density at radius 2 is 1.91 bits per heavy atom. The lowest BCUT2D eigenvalue weighted by atomic mass is 9.85. The van der Waals surface area contributed by atoms with E-state index in [0.717, 1.165) is 63.9 Å². The van der Waals surface area contributed by atoms with E-state index in [1.54, 1.807) is 4.68 Å². The van der Waals surface area contributed by atoms with Crippen LogP contribution in [0.25, 0.3) is 0 Å². The Balaban J connectivity index is 1.29. The van der Waals surface area contributed by atoms with Crippen molar-refractivity contribution in [3.05, 3.63) is 11.9 Å². The van der Waals surface area contributed by atoms with Crippen molar-refractivity contribution in [1.82, 2.24) is 24.8 Å². The van der Waals surface area contributed by atoms with Gasteiger partial charge in [-0.2, -0.15) is 0 Å². The van der Waals surface area contributed by atoms with Crippen LogP contribution in [0.15, 0.2) is 6.20 Å². The Bertz CT molecular complexity index is 797.